The molecule has 0 fully saturated rings. The summed E-state index contributed by atoms with van der Waals surface area (Å²) in [6.45, 7) is 7.62. The van der Waals surface area contributed by atoms with Crippen molar-refractivity contribution in [2.24, 2.45) is 0 Å². The average molecular weight is 1810 g/mol. The molecule has 0 saturated carbocycles. The topological polar surface area (TPSA) is 36.9 Å². The van der Waals surface area contributed by atoms with Crippen LogP contribution in [0, 0.1) is 140 Å². The van der Waals surface area contributed by atoms with Gasteiger partial charge in [0.2, 0.25) is 0 Å². The molecule has 0 aliphatic heterocycles. The summed E-state index contributed by atoms with van der Waals surface area (Å²) in [5.41, 5.74) is -6.99. The van der Waals surface area contributed by atoms with E-state index in [1.54, 1.807) is 25.1 Å². The third kappa shape index (κ3) is 23.4. The van der Waals surface area contributed by atoms with Crippen molar-refractivity contribution in [3.8, 4) is 67.5 Å². The van der Waals surface area contributed by atoms with Crippen LogP contribution in [0.25, 0.3) is 44.5 Å². The molecule has 12 aromatic rings. The van der Waals surface area contributed by atoms with Crippen molar-refractivity contribution < 1.29 is 159 Å². The van der Waals surface area contributed by atoms with Gasteiger partial charge in [-0.3, -0.25) is 0 Å². The van der Waals surface area contributed by atoms with Gasteiger partial charge in [0, 0.05) is 70.8 Å². The van der Waals surface area contributed by atoms with Crippen molar-refractivity contribution in [1.29, 1.82) is 0 Å². The fourth-order valence-electron chi connectivity index (χ4n) is 12.3. The molecule has 36 heteroatoms. The summed E-state index contributed by atoms with van der Waals surface area (Å²) in [6.07, 6.45) is -11.4. The number of alkyl halides is 8. The summed E-state index contributed by atoms with van der Waals surface area (Å²) in [5.74, 6) is -44.5. The van der Waals surface area contributed by atoms with Gasteiger partial charge >= 0.3 is 24.4 Å². The molecule has 0 aliphatic rings. The van der Waals surface area contributed by atoms with E-state index in [2.05, 4.69) is 18.9 Å². The standard InChI is InChI=1S/C24H18F8O.C23H16F8O.C22H14F8O.C21H12F8O/c1-2-3-4-5-13-6-7-16(17(25)8-13)14-9-18(26)22(19(27)10-14)24(31,32)33-15-11-20(28)23(30)21(29)12-15;1-2-3-4-12-5-6-15(16(24)7-12)13-8-17(25)21(18(26)9-13)23(30,31)32-14-10-19(27)22(29)20(28)11-14;1-2-3-11-4-5-14(15(23)6-11)12-7-16(24)20(17(25)8-12)22(29,30)31-13-9-18(26)21(28)19(27)10-13;1-2-10-3-4-13(14(22)5-10)11-6-15(23)19(16(24)7-11)21(28,29)30-12-8-17(25)20(27)18(26)9-12/h6-12H,2-5H2,1H3;5-11H,2-4H2,1H3;4-10H,2-3H2,1H3;3-9H,2H2,1H3. The van der Waals surface area contributed by atoms with Crippen LogP contribution in [0.3, 0.4) is 0 Å². The molecule has 668 valence electrons. The molecule has 0 aliphatic carbocycles. The van der Waals surface area contributed by atoms with Crippen LogP contribution < -0.4 is 18.9 Å². The first kappa shape index (κ1) is 97.4. The highest BCUT2D eigenvalue weighted by atomic mass is 19.3. The van der Waals surface area contributed by atoms with Crippen LogP contribution >= 0.6 is 0 Å². The predicted molar refractivity (Wildman–Crippen MR) is 396 cm³/mol. The molecule has 0 bridgehead atoms. The maximum absolute atomic E-state index is 14.5. The highest BCUT2D eigenvalue weighted by molar-refractivity contribution is 5.69. The van der Waals surface area contributed by atoms with E-state index >= 15 is 0 Å². The molecule has 0 saturated heterocycles. The maximum Gasteiger partial charge on any atom is 0.432 e. The number of ether oxygens (including phenoxy) is 4. The Bertz CT molecular complexity index is 5790. The third-order valence-electron chi connectivity index (χ3n) is 18.4. The summed E-state index contributed by atoms with van der Waals surface area (Å²) in [4.78, 5) is 0. The lowest BCUT2D eigenvalue weighted by Crippen LogP contribution is -2.25. The summed E-state index contributed by atoms with van der Waals surface area (Å²) < 4.78 is 462. The Morgan fingerprint density at radius 1 is 0.198 bits per heavy atom. The molecule has 12 rings (SSSR count). The van der Waals surface area contributed by atoms with E-state index in [0.717, 1.165) is 44.6 Å². The molecule has 0 atom stereocenters. The van der Waals surface area contributed by atoms with Crippen molar-refractivity contribution in [2.45, 2.75) is 116 Å². The van der Waals surface area contributed by atoms with Gasteiger partial charge in [-0.15, -0.1) is 0 Å². The lowest BCUT2D eigenvalue weighted by molar-refractivity contribution is -0.190. The zero-order valence-electron chi connectivity index (χ0n) is 65.0. The van der Waals surface area contributed by atoms with Crippen LogP contribution in [0.1, 0.15) is 111 Å². The molecular weight excluding hydrogens is 1750 g/mol. The van der Waals surface area contributed by atoms with Crippen LogP contribution in [0.2, 0.25) is 0 Å². The van der Waals surface area contributed by atoms with E-state index < -0.39 is 209 Å². The number of hydrogen-bond acceptors (Lipinski definition) is 4. The lowest BCUT2D eigenvalue weighted by atomic mass is 9.99. The van der Waals surface area contributed by atoms with E-state index in [1.165, 1.54) is 48.5 Å². The van der Waals surface area contributed by atoms with Gasteiger partial charge in [-0.25, -0.2) is 105 Å². The number of benzene rings is 12. The van der Waals surface area contributed by atoms with Gasteiger partial charge in [0.15, 0.2) is 69.8 Å². The van der Waals surface area contributed by atoms with E-state index in [-0.39, 0.29) is 93.0 Å². The lowest BCUT2D eigenvalue weighted by Gasteiger charge is -2.20. The number of aryl methyl sites for hydroxylation is 4. The first-order chi connectivity index (χ1) is 59.1. The van der Waals surface area contributed by atoms with Crippen LogP contribution in [-0.4, -0.2) is 0 Å². The van der Waals surface area contributed by atoms with Gasteiger partial charge < -0.3 is 18.9 Å². The van der Waals surface area contributed by atoms with Crippen molar-refractivity contribution in [3.05, 3.63) is 354 Å². The van der Waals surface area contributed by atoms with Crippen LogP contribution in [0.4, 0.5) is 140 Å². The quantitative estimate of drug-likeness (QED) is 0.0308. The fourth-order valence-corrected chi connectivity index (χ4v) is 12.3. The Morgan fingerprint density at radius 2 is 0.397 bits per heavy atom. The zero-order valence-corrected chi connectivity index (χ0v) is 65.0. The minimum absolute atomic E-state index is 0.0984. The van der Waals surface area contributed by atoms with Gasteiger partial charge in [-0.2, -0.15) is 35.1 Å². The molecule has 0 radical (unpaired) electrons. The summed E-state index contributed by atoms with van der Waals surface area (Å²) in [5, 5.41) is 0. The number of rotatable bonds is 26. The first-order valence-electron chi connectivity index (χ1n) is 37.1. The molecule has 126 heavy (non-hydrogen) atoms. The Balaban J connectivity index is 0.000000190. The summed E-state index contributed by atoms with van der Waals surface area (Å²) in [6, 6.07) is 20.7. The fraction of sp³-hybridized carbons (Fsp3) is 0.200. The van der Waals surface area contributed by atoms with Crippen molar-refractivity contribution >= 4 is 0 Å². The van der Waals surface area contributed by atoms with Crippen LogP contribution in [0.5, 0.6) is 23.0 Å². The monoisotopic (exact) mass is 1810 g/mol. The van der Waals surface area contributed by atoms with E-state index in [1.807, 2.05) is 20.8 Å². The molecule has 0 heterocycles. The average Bonchev–Trinajstić information content (AvgIpc) is 0.785. The number of hydrogen-bond donors (Lipinski definition) is 0. The van der Waals surface area contributed by atoms with Gasteiger partial charge in [0.1, 0.15) is 115 Å². The Morgan fingerprint density at radius 3 is 0.595 bits per heavy atom. The molecule has 0 unspecified atom stereocenters. The predicted octanol–water partition coefficient (Wildman–Crippen LogP) is 29.9. The molecule has 12 aromatic carbocycles. The molecule has 0 N–H and O–H groups in total. The van der Waals surface area contributed by atoms with E-state index in [9.17, 15) is 140 Å². The minimum Gasteiger partial charge on any atom is -0.429 e. The van der Waals surface area contributed by atoms with Crippen LogP contribution in [-0.2, 0) is 50.1 Å². The van der Waals surface area contributed by atoms with E-state index in [0.29, 0.717) is 96.5 Å². The molecule has 4 nitrogen and oxygen atoms in total. The summed E-state index contributed by atoms with van der Waals surface area (Å²) in [7, 11) is 0. The van der Waals surface area contributed by atoms with Crippen molar-refractivity contribution in [3.63, 3.8) is 0 Å². The highest BCUT2D eigenvalue weighted by Gasteiger charge is 2.46. The SMILES string of the molecule is CCCCCc1ccc(-c2cc(F)c(C(F)(F)Oc3cc(F)c(F)c(F)c3)c(F)c2)c(F)c1.CCCCc1ccc(-c2cc(F)c(C(F)(F)Oc3cc(F)c(F)c(F)c3)c(F)c2)c(F)c1.CCCc1ccc(-c2cc(F)c(C(F)(F)Oc3cc(F)c(F)c(F)c3)c(F)c2)c(F)c1.CCc1ccc(-c2cc(F)c(C(F)(F)Oc3cc(F)c(F)c(F)c3)c(F)c2)c(F)c1. The zero-order chi connectivity index (χ0) is 93.1. The van der Waals surface area contributed by atoms with Crippen molar-refractivity contribution in [1.82, 2.24) is 0 Å². The second kappa shape index (κ2) is 40.7. The van der Waals surface area contributed by atoms with Gasteiger partial charge in [-0.1, -0.05) is 102 Å². The minimum atomic E-state index is -4.72. The Kier molecular flexibility index (Phi) is 31.5. The van der Waals surface area contributed by atoms with Crippen LogP contribution in [0.15, 0.2) is 170 Å². The molecule has 0 amide bonds. The van der Waals surface area contributed by atoms with Gasteiger partial charge in [0.05, 0.1) is 0 Å². The number of unbranched alkanes of at least 4 members (excludes halogenated alkanes) is 3. The van der Waals surface area contributed by atoms with Gasteiger partial charge in [0.25, 0.3) is 0 Å². The Labute approximate surface area is 694 Å². The smallest absolute Gasteiger partial charge is 0.429 e. The normalized spacial score (nSPS) is 11.7. The first-order valence-corrected chi connectivity index (χ1v) is 37.1. The maximum atomic E-state index is 14.5. The van der Waals surface area contributed by atoms with Crippen molar-refractivity contribution in [2.75, 3.05) is 0 Å². The molecule has 0 spiro atoms. The summed E-state index contributed by atoms with van der Waals surface area (Å²) >= 11 is 0. The second-order valence-electron chi connectivity index (χ2n) is 27.5. The molecular formula is C90H60F32O4. The highest BCUT2D eigenvalue weighted by Crippen LogP contribution is 2.45. The second-order valence-corrected chi connectivity index (χ2v) is 27.5. The van der Waals surface area contributed by atoms with Gasteiger partial charge in [-0.05, 0) is 156 Å². The van der Waals surface area contributed by atoms with E-state index in [4.69, 9.17) is 0 Å². The molecule has 0 aromatic heterocycles. The number of halogens is 32. The third-order valence-corrected chi connectivity index (χ3v) is 18.4. The largest absolute Gasteiger partial charge is 0.432 e. The Hall–Kier alpha value is -12.4.